The number of fused-ring (bicyclic) bond motifs is 3. The van der Waals surface area contributed by atoms with Crippen LogP contribution in [0.2, 0.25) is 0 Å². The molecule has 2 aliphatic rings. The number of nitrogens with zero attached hydrogens (tertiary/aromatic N) is 5. The van der Waals surface area contributed by atoms with Crippen LogP contribution in [0, 0.1) is 17.5 Å². The number of hydrogen-bond donors (Lipinski definition) is 1. The number of benzene rings is 2. The van der Waals surface area contributed by atoms with Crippen LogP contribution in [0.15, 0.2) is 42.6 Å². The smallest absolute Gasteiger partial charge is 0.334 e. The van der Waals surface area contributed by atoms with Crippen molar-refractivity contribution in [3.63, 3.8) is 0 Å². The Balaban J connectivity index is 1.47. The number of piperazine rings is 1. The molecule has 0 spiro atoms. The molecule has 9 nitrogen and oxygen atoms in total. The Labute approximate surface area is 241 Å². The van der Waals surface area contributed by atoms with E-state index in [0.29, 0.717) is 28.8 Å². The fourth-order valence-corrected chi connectivity index (χ4v) is 5.72. The number of nitrogens with one attached hydrogen (secondary N) is 1. The molecule has 1 saturated heterocycles. The van der Waals surface area contributed by atoms with Crippen molar-refractivity contribution >= 4 is 34.1 Å². The van der Waals surface area contributed by atoms with Gasteiger partial charge in [-0.15, -0.1) is 0 Å². The van der Waals surface area contributed by atoms with Crippen LogP contribution >= 0.6 is 0 Å². The van der Waals surface area contributed by atoms with E-state index in [9.17, 15) is 9.18 Å². The van der Waals surface area contributed by atoms with Gasteiger partial charge in [0.1, 0.15) is 17.2 Å². The van der Waals surface area contributed by atoms with Gasteiger partial charge in [-0.2, -0.15) is 0 Å². The Hall–Kier alpha value is -4.29. The lowest BCUT2D eigenvalue weighted by molar-refractivity contribution is 0.131. The van der Waals surface area contributed by atoms with E-state index in [1.165, 1.54) is 37.3 Å². The number of aromatic amines is 1. The Bertz CT molecular complexity index is 1630. The minimum atomic E-state index is -1.06. The van der Waals surface area contributed by atoms with Crippen molar-refractivity contribution in [1.82, 2.24) is 19.8 Å². The second-order valence-corrected chi connectivity index (χ2v) is 10.3. The predicted octanol–water partition coefficient (Wildman–Crippen LogP) is 5.41. The third-order valence-corrected chi connectivity index (χ3v) is 7.93. The third kappa shape index (κ3) is 4.80. The Morgan fingerprint density at radius 3 is 2.26 bits per heavy atom. The molecule has 4 aromatic rings. The summed E-state index contributed by atoms with van der Waals surface area (Å²) in [6.45, 7) is 7.50. The van der Waals surface area contributed by atoms with E-state index in [0.717, 1.165) is 49.4 Å². The highest BCUT2D eigenvalue weighted by Gasteiger charge is 2.39. The van der Waals surface area contributed by atoms with Gasteiger partial charge in [0.15, 0.2) is 23.1 Å². The van der Waals surface area contributed by atoms with Gasteiger partial charge in [-0.25, -0.2) is 22.9 Å². The number of halogens is 3. The molecule has 42 heavy (non-hydrogen) atoms. The molecule has 12 heteroatoms. The van der Waals surface area contributed by atoms with Crippen molar-refractivity contribution < 1.29 is 27.4 Å². The van der Waals surface area contributed by atoms with Crippen LogP contribution in [0.5, 0.6) is 11.5 Å². The van der Waals surface area contributed by atoms with E-state index in [1.54, 1.807) is 12.3 Å². The first-order valence-corrected chi connectivity index (χ1v) is 13.7. The number of amides is 2. The zero-order chi connectivity index (χ0) is 29.5. The lowest BCUT2D eigenvalue weighted by Crippen LogP contribution is -2.46. The molecular formula is C30H31F3N6O3. The van der Waals surface area contributed by atoms with Crippen LogP contribution in [-0.2, 0) is 13.1 Å². The SMILES string of the molecule is CCN1CCN(Cc2cc3c4c(cnc3[nH]2)CN(c2c(F)c(OC)cc(OC)c2F)C(=O)N4c2cccc(F)c2)CC1. The quantitative estimate of drug-likeness (QED) is 0.315. The van der Waals surface area contributed by atoms with Crippen LogP contribution < -0.4 is 19.3 Å². The highest BCUT2D eigenvalue weighted by atomic mass is 19.1. The lowest BCUT2D eigenvalue weighted by atomic mass is 10.1. The van der Waals surface area contributed by atoms with E-state index >= 15 is 8.78 Å². The van der Waals surface area contributed by atoms with Gasteiger partial charge in [0.2, 0.25) is 0 Å². The van der Waals surface area contributed by atoms with Crippen molar-refractivity contribution in [3.8, 4) is 11.5 Å². The standard InChI is InChI=1S/C30H31F3N6O3/c1-4-36-8-10-37(11-9-36)17-20-13-22-27-18(15-34-29(22)35-20)16-38(30(40)39(27)21-7-5-6-19(31)12-21)28-25(32)23(41-2)14-24(42-3)26(28)33/h5-7,12-15H,4,8-11,16-17H2,1-3H3,(H,34,35). The van der Waals surface area contributed by atoms with Crippen LogP contribution in [0.1, 0.15) is 18.2 Å². The monoisotopic (exact) mass is 580 g/mol. The van der Waals surface area contributed by atoms with Gasteiger partial charge < -0.3 is 19.4 Å². The summed E-state index contributed by atoms with van der Waals surface area (Å²) in [6.07, 6.45) is 1.57. The van der Waals surface area contributed by atoms with Crippen molar-refractivity contribution in [2.45, 2.75) is 20.0 Å². The topological polar surface area (TPSA) is 77.2 Å². The maximum Gasteiger partial charge on any atom is 0.334 e. The molecule has 2 aromatic heterocycles. The molecule has 2 aliphatic heterocycles. The number of ether oxygens (including phenoxy) is 2. The molecule has 1 fully saturated rings. The number of aromatic nitrogens is 2. The van der Waals surface area contributed by atoms with Crippen molar-refractivity contribution in [1.29, 1.82) is 0 Å². The number of pyridine rings is 1. The molecule has 6 rings (SSSR count). The van der Waals surface area contributed by atoms with Crippen LogP contribution in [-0.4, -0.2) is 72.7 Å². The van der Waals surface area contributed by atoms with E-state index < -0.39 is 29.2 Å². The fourth-order valence-electron chi connectivity index (χ4n) is 5.72. The Kier molecular flexibility index (Phi) is 7.42. The highest BCUT2D eigenvalue weighted by Crippen LogP contribution is 2.44. The van der Waals surface area contributed by atoms with Crippen molar-refractivity contribution in [2.75, 3.05) is 56.7 Å². The Morgan fingerprint density at radius 2 is 1.62 bits per heavy atom. The van der Waals surface area contributed by atoms with E-state index in [1.807, 2.05) is 6.07 Å². The van der Waals surface area contributed by atoms with Crippen LogP contribution in [0.3, 0.4) is 0 Å². The Morgan fingerprint density at radius 1 is 0.929 bits per heavy atom. The molecular weight excluding hydrogens is 549 g/mol. The molecule has 0 saturated carbocycles. The molecule has 4 heterocycles. The van der Waals surface area contributed by atoms with Crippen LogP contribution in [0.25, 0.3) is 11.0 Å². The number of urea groups is 1. The van der Waals surface area contributed by atoms with Gasteiger partial charge in [0.25, 0.3) is 0 Å². The summed E-state index contributed by atoms with van der Waals surface area (Å²) in [5.74, 6) is -3.27. The molecule has 0 bridgehead atoms. The lowest BCUT2D eigenvalue weighted by Gasteiger charge is -2.37. The summed E-state index contributed by atoms with van der Waals surface area (Å²) < 4.78 is 55.8. The number of likely N-dealkylation sites (N-methyl/N-ethyl adjacent to an activating group) is 1. The van der Waals surface area contributed by atoms with Crippen molar-refractivity contribution in [3.05, 3.63) is 71.3 Å². The van der Waals surface area contributed by atoms with E-state index in [4.69, 9.17) is 9.47 Å². The zero-order valence-electron chi connectivity index (χ0n) is 23.6. The average Bonchev–Trinajstić information content (AvgIpc) is 3.41. The van der Waals surface area contributed by atoms with Gasteiger partial charge in [0, 0.05) is 61.6 Å². The first kappa shape index (κ1) is 27.9. The molecule has 0 radical (unpaired) electrons. The van der Waals surface area contributed by atoms with Crippen LogP contribution in [0.4, 0.5) is 35.0 Å². The second-order valence-electron chi connectivity index (χ2n) is 10.3. The molecule has 2 amide bonds. The molecule has 0 aliphatic carbocycles. The largest absolute Gasteiger partial charge is 0.493 e. The second kappa shape index (κ2) is 11.2. The first-order chi connectivity index (χ1) is 20.3. The summed E-state index contributed by atoms with van der Waals surface area (Å²) in [7, 11) is 2.47. The maximum atomic E-state index is 15.6. The summed E-state index contributed by atoms with van der Waals surface area (Å²) in [5, 5.41) is 0.649. The number of anilines is 3. The molecule has 1 N–H and O–H groups in total. The van der Waals surface area contributed by atoms with Gasteiger partial charge in [-0.1, -0.05) is 13.0 Å². The third-order valence-electron chi connectivity index (χ3n) is 7.93. The summed E-state index contributed by atoms with van der Waals surface area (Å²) in [6, 6.07) is 7.76. The van der Waals surface area contributed by atoms with Gasteiger partial charge in [-0.3, -0.25) is 14.7 Å². The number of carbonyl (C=O) groups is 1. The van der Waals surface area contributed by atoms with Gasteiger partial charge in [0.05, 0.1) is 32.1 Å². The van der Waals surface area contributed by atoms with Gasteiger partial charge in [-0.05, 0) is 30.8 Å². The van der Waals surface area contributed by atoms with Crippen molar-refractivity contribution in [2.24, 2.45) is 0 Å². The summed E-state index contributed by atoms with van der Waals surface area (Å²) in [4.78, 5) is 29.1. The summed E-state index contributed by atoms with van der Waals surface area (Å²) in [5.41, 5.74) is 2.03. The predicted molar refractivity (Wildman–Crippen MR) is 153 cm³/mol. The highest BCUT2D eigenvalue weighted by molar-refractivity contribution is 6.15. The fraction of sp³-hybridized carbons (Fsp3) is 0.333. The minimum absolute atomic E-state index is 0.188. The minimum Gasteiger partial charge on any atom is -0.493 e. The first-order valence-electron chi connectivity index (χ1n) is 13.7. The summed E-state index contributed by atoms with van der Waals surface area (Å²) >= 11 is 0. The number of rotatable bonds is 7. The average molecular weight is 581 g/mol. The number of carbonyl (C=O) groups excluding carboxylic acids is 1. The zero-order valence-corrected chi connectivity index (χ0v) is 23.6. The van der Waals surface area contributed by atoms with Gasteiger partial charge >= 0.3 is 6.03 Å². The molecule has 0 unspecified atom stereocenters. The molecule has 0 atom stereocenters. The normalized spacial score (nSPS) is 16.3. The maximum absolute atomic E-state index is 15.6. The number of methoxy groups -OCH3 is 2. The number of H-pyrrole nitrogens is 1. The van der Waals surface area contributed by atoms with E-state index in [2.05, 4.69) is 26.7 Å². The molecule has 2 aromatic carbocycles. The molecule has 220 valence electrons. The number of hydrogen-bond acceptors (Lipinski definition) is 6. The van der Waals surface area contributed by atoms with E-state index in [-0.39, 0.29) is 23.7 Å².